The second-order valence-electron chi connectivity index (χ2n) is 12.5. The molecule has 0 aliphatic carbocycles. The van der Waals surface area contributed by atoms with Crippen molar-refractivity contribution in [2.24, 2.45) is 0 Å². The summed E-state index contributed by atoms with van der Waals surface area (Å²) in [4.78, 5) is 26.4. The Morgan fingerprint density at radius 3 is 2.43 bits per heavy atom. The number of aliphatic hydroxyl groups excluding tert-OH is 1. The molecule has 0 spiro atoms. The number of esters is 2. The van der Waals surface area contributed by atoms with Crippen molar-refractivity contribution in [3.63, 3.8) is 0 Å². The first kappa shape index (κ1) is 37.0. The van der Waals surface area contributed by atoms with Gasteiger partial charge in [-0.05, 0) is 62.6 Å². The monoisotopic (exact) mass is 656 g/mol. The molecule has 1 heterocycles. The van der Waals surface area contributed by atoms with Crippen LogP contribution in [0, 0.1) is 0 Å². The lowest BCUT2D eigenvalue weighted by atomic mass is 10.0. The molecule has 3 atom stereocenters. The Morgan fingerprint density at radius 1 is 1.04 bits per heavy atom. The van der Waals surface area contributed by atoms with Crippen LogP contribution in [0.1, 0.15) is 53.0 Å². The van der Waals surface area contributed by atoms with Crippen LogP contribution >= 0.6 is 0 Å². The third-order valence-electron chi connectivity index (χ3n) is 7.05. The molecule has 0 radical (unpaired) electrons. The maximum Gasteiger partial charge on any atom is 0.342 e. The zero-order valence-electron chi connectivity index (χ0n) is 27.9. The summed E-state index contributed by atoms with van der Waals surface area (Å²) in [7, 11) is 1.60. The second-order valence-corrected chi connectivity index (χ2v) is 18.2. The highest BCUT2D eigenvalue weighted by Crippen LogP contribution is 2.35. The van der Waals surface area contributed by atoms with Gasteiger partial charge in [0.15, 0.2) is 12.6 Å². The van der Waals surface area contributed by atoms with Crippen LogP contribution in [0.3, 0.4) is 0 Å². The minimum Gasteiger partial charge on any atom is -0.497 e. The Balaban J connectivity index is 1.90. The van der Waals surface area contributed by atoms with Crippen molar-refractivity contribution in [2.45, 2.75) is 76.5 Å². The highest BCUT2D eigenvalue weighted by Gasteiger charge is 2.45. The average molecular weight is 657 g/mol. The van der Waals surface area contributed by atoms with E-state index in [0.29, 0.717) is 36.3 Å². The molecule has 0 amide bonds. The molecule has 11 heteroatoms. The molecule has 0 bridgehead atoms. The third kappa shape index (κ3) is 11.4. The maximum atomic E-state index is 13.4. The lowest BCUT2D eigenvalue weighted by molar-refractivity contribution is -0.152. The molecular weight excluding hydrogens is 608 g/mol. The predicted molar refractivity (Wildman–Crippen MR) is 178 cm³/mol. The van der Waals surface area contributed by atoms with Crippen LogP contribution in [-0.2, 0) is 23.7 Å². The van der Waals surface area contributed by atoms with Gasteiger partial charge in [0.25, 0.3) is 0 Å². The zero-order chi connectivity index (χ0) is 33.7. The molecule has 2 aromatic rings. The fourth-order valence-electron chi connectivity index (χ4n) is 4.78. The van der Waals surface area contributed by atoms with E-state index in [1.807, 2.05) is 12.1 Å². The number of methoxy groups -OCH3 is 2. The van der Waals surface area contributed by atoms with E-state index in [9.17, 15) is 14.7 Å². The standard InChI is InChI=1S/C35H48O10Si/c1-35(2)44-29(32(45-35)28(17-11-12-19-36)43-33(37)25-14-9-8-10-15-25)18-13-16-26-22-27(40-4)23-30(42-24-39-3)31(26)34(38)41-20-21-46(5,6)7/h8-11,13-17,22-23,28-29,32,36H,12,18-21,24H2,1-7H3/t28?,29-,32?/m0/s1. The van der Waals surface area contributed by atoms with E-state index >= 15 is 0 Å². The van der Waals surface area contributed by atoms with Gasteiger partial charge in [-0.25, -0.2) is 9.59 Å². The molecule has 0 aromatic heterocycles. The van der Waals surface area contributed by atoms with Crippen LogP contribution in [0.4, 0.5) is 0 Å². The summed E-state index contributed by atoms with van der Waals surface area (Å²) in [6.45, 7) is 10.4. The maximum absolute atomic E-state index is 13.4. The van der Waals surface area contributed by atoms with Gasteiger partial charge in [-0.2, -0.15) is 0 Å². The van der Waals surface area contributed by atoms with Crippen molar-refractivity contribution < 1.29 is 47.9 Å². The Hall–Kier alpha value is -3.48. The van der Waals surface area contributed by atoms with Gasteiger partial charge in [-0.15, -0.1) is 0 Å². The van der Waals surface area contributed by atoms with Gasteiger partial charge in [0.1, 0.15) is 29.3 Å². The normalized spacial score (nSPS) is 18.5. The Morgan fingerprint density at radius 2 is 1.78 bits per heavy atom. The van der Waals surface area contributed by atoms with E-state index in [1.165, 1.54) is 14.2 Å². The molecule has 1 fully saturated rings. The average Bonchev–Trinajstić information content (AvgIpc) is 3.32. The number of ether oxygens (including phenoxy) is 7. The first-order chi connectivity index (χ1) is 21.9. The van der Waals surface area contributed by atoms with Crippen molar-refractivity contribution in [1.82, 2.24) is 0 Å². The van der Waals surface area contributed by atoms with Gasteiger partial charge >= 0.3 is 11.9 Å². The summed E-state index contributed by atoms with van der Waals surface area (Å²) in [6.07, 6.45) is 5.92. The SMILES string of the molecule is COCOc1cc(OC)cc(C=CC[C@@H]2OC(C)(C)OC2C(C=CCCO)OC(=O)c2ccccc2)c1C(=O)OCC[Si](C)(C)C. The van der Waals surface area contributed by atoms with E-state index in [4.69, 9.17) is 33.2 Å². The minimum atomic E-state index is -1.43. The van der Waals surface area contributed by atoms with Gasteiger partial charge in [0.2, 0.25) is 0 Å². The van der Waals surface area contributed by atoms with Crippen molar-refractivity contribution in [3.8, 4) is 11.5 Å². The lowest BCUT2D eigenvalue weighted by Crippen LogP contribution is -2.37. The van der Waals surface area contributed by atoms with E-state index < -0.39 is 44.1 Å². The van der Waals surface area contributed by atoms with Gasteiger partial charge in [0.05, 0.1) is 25.4 Å². The number of carbonyl (C=O) groups is 2. The topological polar surface area (TPSA) is 119 Å². The summed E-state index contributed by atoms with van der Waals surface area (Å²) in [6, 6.07) is 12.9. The number of aliphatic hydroxyl groups is 1. The van der Waals surface area contributed by atoms with Crippen molar-refractivity contribution in [1.29, 1.82) is 0 Å². The molecular formula is C35H48O10Si. The molecule has 2 aromatic carbocycles. The van der Waals surface area contributed by atoms with Gasteiger partial charge in [-0.1, -0.05) is 56.1 Å². The Labute approximate surface area is 273 Å². The molecule has 46 heavy (non-hydrogen) atoms. The van der Waals surface area contributed by atoms with Crippen LogP contribution < -0.4 is 9.47 Å². The quantitative estimate of drug-likeness (QED) is 0.0905. The smallest absolute Gasteiger partial charge is 0.342 e. The predicted octanol–water partition coefficient (Wildman–Crippen LogP) is 6.26. The molecule has 10 nitrogen and oxygen atoms in total. The number of hydrogen-bond acceptors (Lipinski definition) is 10. The van der Waals surface area contributed by atoms with Crippen LogP contribution in [-0.4, -0.2) is 83.4 Å². The molecule has 1 N–H and O–H groups in total. The van der Waals surface area contributed by atoms with Crippen LogP contribution in [0.2, 0.25) is 25.7 Å². The summed E-state index contributed by atoms with van der Waals surface area (Å²) in [5, 5.41) is 9.33. The number of carbonyl (C=O) groups excluding carboxylic acids is 2. The Bertz CT molecular complexity index is 1330. The molecule has 2 unspecified atom stereocenters. The van der Waals surface area contributed by atoms with Crippen LogP contribution in [0.25, 0.3) is 6.08 Å². The van der Waals surface area contributed by atoms with Crippen molar-refractivity contribution >= 4 is 26.1 Å². The highest BCUT2D eigenvalue weighted by molar-refractivity contribution is 6.76. The Kier molecular flexibility index (Phi) is 14.0. The van der Waals surface area contributed by atoms with Gasteiger partial charge in [-0.3, -0.25) is 0 Å². The molecule has 1 aliphatic rings. The summed E-state index contributed by atoms with van der Waals surface area (Å²) < 4.78 is 40.5. The third-order valence-corrected chi connectivity index (χ3v) is 8.75. The fraction of sp³-hybridized carbons (Fsp3) is 0.486. The van der Waals surface area contributed by atoms with Crippen molar-refractivity contribution in [3.05, 3.63) is 77.4 Å². The highest BCUT2D eigenvalue weighted by atomic mass is 28.3. The van der Waals surface area contributed by atoms with E-state index in [0.717, 1.165) is 6.04 Å². The number of hydrogen-bond donors (Lipinski definition) is 1. The zero-order valence-corrected chi connectivity index (χ0v) is 28.9. The fourth-order valence-corrected chi connectivity index (χ4v) is 5.49. The number of rotatable bonds is 17. The summed E-state index contributed by atoms with van der Waals surface area (Å²) >= 11 is 0. The van der Waals surface area contributed by atoms with E-state index in [2.05, 4.69) is 19.6 Å². The summed E-state index contributed by atoms with van der Waals surface area (Å²) in [5.74, 6) is -1.19. The van der Waals surface area contributed by atoms with Crippen LogP contribution in [0.15, 0.2) is 60.7 Å². The van der Waals surface area contributed by atoms with Gasteiger partial charge < -0.3 is 38.3 Å². The lowest BCUT2D eigenvalue weighted by Gasteiger charge is -2.24. The number of benzene rings is 2. The largest absolute Gasteiger partial charge is 0.497 e. The van der Waals surface area contributed by atoms with Crippen molar-refractivity contribution in [2.75, 3.05) is 34.2 Å². The van der Waals surface area contributed by atoms with Crippen LogP contribution in [0.5, 0.6) is 11.5 Å². The minimum absolute atomic E-state index is 0.0466. The molecule has 252 valence electrons. The molecule has 1 saturated heterocycles. The molecule has 1 aliphatic heterocycles. The summed E-state index contributed by atoms with van der Waals surface area (Å²) in [5.41, 5.74) is 1.20. The second kappa shape index (κ2) is 17.4. The van der Waals surface area contributed by atoms with Gasteiger partial charge in [0, 0.05) is 27.9 Å². The first-order valence-electron chi connectivity index (χ1n) is 15.4. The molecule has 0 saturated carbocycles. The van der Waals surface area contributed by atoms with E-state index in [1.54, 1.807) is 68.5 Å². The van der Waals surface area contributed by atoms with E-state index in [-0.39, 0.29) is 24.7 Å². The molecule has 3 rings (SSSR count). The first-order valence-corrected chi connectivity index (χ1v) is 19.1.